The van der Waals surface area contributed by atoms with Crippen LogP contribution < -0.4 is 14.8 Å². The van der Waals surface area contributed by atoms with Crippen LogP contribution in [-0.2, 0) is 27.4 Å². The monoisotopic (exact) mass is 546 g/mol. The van der Waals surface area contributed by atoms with Gasteiger partial charge in [0.2, 0.25) is 15.9 Å². The number of rotatable bonds is 8. The summed E-state index contributed by atoms with van der Waals surface area (Å²) in [6.07, 6.45) is -4.94. The molecule has 0 bridgehead atoms. The van der Waals surface area contributed by atoms with Gasteiger partial charge in [0, 0.05) is 5.02 Å². The van der Waals surface area contributed by atoms with E-state index in [4.69, 9.17) is 27.9 Å². The molecule has 2 N–H and O–H groups in total. The third-order valence-corrected chi connectivity index (χ3v) is 6.87. The molecule has 6 nitrogen and oxygen atoms in total. The smallest absolute Gasteiger partial charge is 0.418 e. The third kappa shape index (κ3) is 6.88. The van der Waals surface area contributed by atoms with Gasteiger partial charge in [-0.3, -0.25) is 4.79 Å². The minimum absolute atomic E-state index is 0.0235. The molecule has 186 valence electrons. The van der Waals surface area contributed by atoms with Gasteiger partial charge in [-0.1, -0.05) is 53.5 Å². The Bertz CT molecular complexity index is 1320. The van der Waals surface area contributed by atoms with Crippen molar-refractivity contribution in [2.45, 2.75) is 23.5 Å². The molecule has 3 aromatic rings. The van der Waals surface area contributed by atoms with Crippen molar-refractivity contribution in [2.24, 2.45) is 0 Å². The number of carbonyl (C=O) groups excluding carboxylic acids is 1. The molecule has 0 heterocycles. The molecule has 35 heavy (non-hydrogen) atoms. The highest BCUT2D eigenvalue weighted by atomic mass is 35.5. The highest BCUT2D eigenvalue weighted by Crippen LogP contribution is 2.36. The van der Waals surface area contributed by atoms with Crippen LogP contribution in [-0.4, -0.2) is 27.5 Å². The topological polar surface area (TPSA) is 84.5 Å². The molecule has 0 saturated carbocycles. The number of nitrogens with one attached hydrogen (secondary N) is 2. The van der Waals surface area contributed by atoms with Crippen molar-refractivity contribution in [3.05, 3.63) is 87.9 Å². The van der Waals surface area contributed by atoms with Crippen molar-refractivity contribution in [2.75, 3.05) is 12.4 Å². The minimum atomic E-state index is -4.80. The van der Waals surface area contributed by atoms with Crippen LogP contribution in [0.25, 0.3) is 0 Å². The lowest BCUT2D eigenvalue weighted by molar-refractivity contribution is -0.137. The lowest BCUT2D eigenvalue weighted by atomic mass is 10.1. The second kappa shape index (κ2) is 10.9. The number of carbonyl (C=O) groups is 1. The number of amides is 1. The minimum Gasteiger partial charge on any atom is -0.495 e. The van der Waals surface area contributed by atoms with Crippen molar-refractivity contribution in [1.82, 2.24) is 4.72 Å². The number of hydrogen-bond acceptors (Lipinski definition) is 4. The standard InChI is InChI=1S/C23H19Cl2F3N2O4S/c1-34-21-10-8-16(13-18(21)25)35(32,33)30-20(11-14-5-3-2-4-6-14)22(31)29-19-9-7-15(24)12-17(19)23(26,27)28/h2-10,12-13,20,30H,11H2,1H3,(H,29,31)/t20-/m0/s1. The molecule has 0 saturated heterocycles. The van der Waals surface area contributed by atoms with Crippen LogP contribution in [0.3, 0.4) is 0 Å². The molecule has 0 aromatic heterocycles. The van der Waals surface area contributed by atoms with E-state index in [1.807, 2.05) is 0 Å². The van der Waals surface area contributed by atoms with E-state index in [2.05, 4.69) is 10.0 Å². The first-order chi connectivity index (χ1) is 16.4. The van der Waals surface area contributed by atoms with Gasteiger partial charge in [0.05, 0.1) is 28.3 Å². The van der Waals surface area contributed by atoms with E-state index in [9.17, 15) is 26.4 Å². The molecule has 0 radical (unpaired) electrons. The predicted octanol–water partition coefficient (Wildman–Crippen LogP) is 5.55. The quantitative estimate of drug-likeness (QED) is 0.388. The van der Waals surface area contributed by atoms with Crippen molar-refractivity contribution in [3.8, 4) is 5.75 Å². The first-order valence-electron chi connectivity index (χ1n) is 9.98. The summed E-state index contributed by atoms with van der Waals surface area (Å²) in [5.74, 6) is -0.753. The maximum absolute atomic E-state index is 13.5. The van der Waals surface area contributed by atoms with Gasteiger partial charge >= 0.3 is 6.18 Å². The van der Waals surface area contributed by atoms with Crippen LogP contribution in [0.2, 0.25) is 10.0 Å². The zero-order chi connectivity index (χ0) is 25.8. The van der Waals surface area contributed by atoms with Crippen molar-refractivity contribution >= 4 is 44.8 Å². The van der Waals surface area contributed by atoms with Gasteiger partial charge < -0.3 is 10.1 Å². The highest BCUT2D eigenvalue weighted by Gasteiger charge is 2.35. The fraction of sp³-hybridized carbons (Fsp3) is 0.174. The van der Waals surface area contributed by atoms with Crippen LogP contribution in [0.1, 0.15) is 11.1 Å². The Morgan fingerprint density at radius 1 is 1.03 bits per heavy atom. The van der Waals surface area contributed by atoms with Crippen LogP contribution in [0.5, 0.6) is 5.75 Å². The Balaban J connectivity index is 1.95. The summed E-state index contributed by atoms with van der Waals surface area (Å²) >= 11 is 11.7. The molecule has 3 aromatic carbocycles. The molecule has 12 heteroatoms. The maximum Gasteiger partial charge on any atom is 0.418 e. The Morgan fingerprint density at radius 2 is 1.71 bits per heavy atom. The molecule has 1 atom stereocenters. The zero-order valence-electron chi connectivity index (χ0n) is 18.1. The molecule has 1 amide bonds. The Kier molecular flexibility index (Phi) is 8.32. The summed E-state index contributed by atoms with van der Waals surface area (Å²) in [6, 6.07) is 13.5. The van der Waals surface area contributed by atoms with Crippen LogP contribution >= 0.6 is 23.2 Å². The molecule has 0 unspecified atom stereocenters. The summed E-state index contributed by atoms with van der Waals surface area (Å²) in [6.45, 7) is 0. The Labute approximate surface area is 210 Å². The molecule has 0 fully saturated rings. The van der Waals surface area contributed by atoms with E-state index in [-0.39, 0.29) is 27.1 Å². The predicted molar refractivity (Wildman–Crippen MR) is 127 cm³/mol. The van der Waals surface area contributed by atoms with Crippen molar-refractivity contribution < 1.29 is 31.1 Å². The molecule has 0 spiro atoms. The number of sulfonamides is 1. The van der Waals surface area contributed by atoms with Crippen LogP contribution in [0, 0.1) is 0 Å². The molecular weight excluding hydrogens is 528 g/mol. The fourth-order valence-corrected chi connectivity index (χ4v) is 4.90. The number of methoxy groups -OCH3 is 1. The van der Waals surface area contributed by atoms with Gasteiger partial charge in [0.15, 0.2) is 0 Å². The van der Waals surface area contributed by atoms with Crippen molar-refractivity contribution in [3.63, 3.8) is 0 Å². The first kappa shape index (κ1) is 26.8. The van der Waals surface area contributed by atoms with E-state index < -0.39 is 39.4 Å². The second-order valence-corrected chi connectivity index (χ2v) is 9.89. The largest absolute Gasteiger partial charge is 0.495 e. The number of benzene rings is 3. The second-order valence-electron chi connectivity index (χ2n) is 7.34. The van der Waals surface area contributed by atoms with Gasteiger partial charge in [0.1, 0.15) is 11.8 Å². The third-order valence-electron chi connectivity index (χ3n) is 4.87. The summed E-state index contributed by atoms with van der Waals surface area (Å²) in [5, 5.41) is 2.03. The van der Waals surface area contributed by atoms with E-state index >= 15 is 0 Å². The van der Waals surface area contributed by atoms with E-state index in [0.717, 1.165) is 12.1 Å². The van der Waals surface area contributed by atoms with Gasteiger partial charge in [0.25, 0.3) is 0 Å². The summed E-state index contributed by atoms with van der Waals surface area (Å²) in [7, 11) is -2.94. The molecule has 0 aliphatic heterocycles. The number of halogens is 5. The molecular formula is C23H19Cl2F3N2O4S. The van der Waals surface area contributed by atoms with Crippen LogP contribution in [0.4, 0.5) is 18.9 Å². The summed E-state index contributed by atoms with van der Waals surface area (Å²) in [5.41, 5.74) is -1.14. The average molecular weight is 547 g/mol. The van der Waals surface area contributed by atoms with Crippen molar-refractivity contribution in [1.29, 1.82) is 0 Å². The number of anilines is 1. The van der Waals surface area contributed by atoms with Gasteiger partial charge in [-0.25, -0.2) is 8.42 Å². The van der Waals surface area contributed by atoms with Gasteiger partial charge in [-0.2, -0.15) is 17.9 Å². The maximum atomic E-state index is 13.5. The van der Waals surface area contributed by atoms with Crippen LogP contribution in [0.15, 0.2) is 71.6 Å². The highest BCUT2D eigenvalue weighted by molar-refractivity contribution is 7.89. The van der Waals surface area contributed by atoms with E-state index in [0.29, 0.717) is 11.6 Å². The van der Waals surface area contributed by atoms with E-state index in [1.54, 1.807) is 30.3 Å². The molecule has 3 rings (SSSR count). The molecule has 0 aliphatic carbocycles. The summed E-state index contributed by atoms with van der Waals surface area (Å²) < 4.78 is 73.8. The SMILES string of the molecule is COc1ccc(S(=O)(=O)N[C@@H](Cc2ccccc2)C(=O)Nc2ccc(Cl)cc2C(F)(F)F)cc1Cl. The number of hydrogen-bond donors (Lipinski definition) is 2. The fourth-order valence-electron chi connectivity index (χ4n) is 3.19. The summed E-state index contributed by atoms with van der Waals surface area (Å²) in [4.78, 5) is 12.8. The number of ether oxygens (including phenoxy) is 1. The lowest BCUT2D eigenvalue weighted by Gasteiger charge is -2.21. The van der Waals surface area contributed by atoms with Gasteiger partial charge in [-0.05, 0) is 48.4 Å². The number of alkyl halides is 3. The Morgan fingerprint density at radius 3 is 2.31 bits per heavy atom. The average Bonchev–Trinajstić information content (AvgIpc) is 2.79. The Hall–Kier alpha value is -2.79. The zero-order valence-corrected chi connectivity index (χ0v) is 20.4. The van der Waals surface area contributed by atoms with Gasteiger partial charge in [-0.15, -0.1) is 0 Å². The normalized spacial score (nSPS) is 12.7. The first-order valence-corrected chi connectivity index (χ1v) is 12.2. The van der Waals surface area contributed by atoms with E-state index in [1.165, 1.54) is 25.3 Å². The molecule has 0 aliphatic rings. The lowest BCUT2D eigenvalue weighted by Crippen LogP contribution is -2.45.